The summed E-state index contributed by atoms with van der Waals surface area (Å²) in [6.07, 6.45) is 1.76. The zero-order chi connectivity index (χ0) is 18.5. The number of aromatic nitrogens is 2. The van der Waals surface area contributed by atoms with Gasteiger partial charge in [-0.3, -0.25) is 0 Å². The number of nitrogens with one attached hydrogen (secondary N) is 1. The molecule has 0 radical (unpaired) electrons. The van der Waals surface area contributed by atoms with Crippen LogP contribution in [0.4, 0.5) is 15.1 Å². The smallest absolute Gasteiger partial charge is 0.407 e. The summed E-state index contributed by atoms with van der Waals surface area (Å²) in [7, 11) is 0. The van der Waals surface area contributed by atoms with E-state index in [9.17, 15) is 9.90 Å². The highest BCUT2D eigenvalue weighted by molar-refractivity contribution is 5.65. The predicted octanol–water partition coefficient (Wildman–Crippen LogP) is 3.15. The summed E-state index contributed by atoms with van der Waals surface area (Å²) in [5, 5.41) is 12.5. The molecule has 1 amide bonds. The van der Waals surface area contributed by atoms with Crippen LogP contribution < -0.4 is 5.32 Å². The van der Waals surface area contributed by atoms with Crippen molar-refractivity contribution >= 4 is 12.0 Å². The van der Waals surface area contributed by atoms with Crippen molar-refractivity contribution in [1.82, 2.24) is 14.9 Å². The molecule has 0 saturated carbocycles. The van der Waals surface area contributed by atoms with Crippen LogP contribution in [0.15, 0.2) is 42.7 Å². The monoisotopic (exact) mass is 358 g/mol. The highest BCUT2D eigenvalue weighted by Gasteiger charge is 2.40. The van der Waals surface area contributed by atoms with E-state index in [4.69, 9.17) is 0 Å². The van der Waals surface area contributed by atoms with Crippen LogP contribution in [0.25, 0.3) is 0 Å². The first-order valence-corrected chi connectivity index (χ1v) is 8.74. The van der Waals surface area contributed by atoms with Gasteiger partial charge >= 0.3 is 6.09 Å². The Balaban J connectivity index is 1.70. The van der Waals surface area contributed by atoms with Crippen molar-refractivity contribution in [3.05, 3.63) is 53.9 Å². The number of anilines is 1. The number of rotatable bonds is 5. The van der Waals surface area contributed by atoms with Crippen molar-refractivity contribution in [2.75, 3.05) is 18.4 Å². The van der Waals surface area contributed by atoms with Crippen molar-refractivity contribution in [3.63, 3.8) is 0 Å². The third-order valence-electron chi connectivity index (χ3n) is 4.86. The standard InChI is InChI=1S/C19H23FN4O2/c1-13-3-5-14(6-4-13)11-16-17(20)15(7-10-24(16)19(25)26)12-23-18-21-8-2-9-22-18/h2-6,8-9,15-17H,7,10-12H2,1H3,(H,25,26)(H,21,22,23). The van der Waals surface area contributed by atoms with Crippen LogP contribution in [0.2, 0.25) is 0 Å². The van der Waals surface area contributed by atoms with Crippen molar-refractivity contribution < 1.29 is 14.3 Å². The van der Waals surface area contributed by atoms with Crippen molar-refractivity contribution in [1.29, 1.82) is 0 Å². The quantitative estimate of drug-likeness (QED) is 0.858. The Morgan fingerprint density at radius 3 is 2.65 bits per heavy atom. The average molecular weight is 358 g/mol. The second-order valence-corrected chi connectivity index (χ2v) is 6.68. The third-order valence-corrected chi connectivity index (χ3v) is 4.86. The summed E-state index contributed by atoms with van der Waals surface area (Å²) < 4.78 is 15.2. The minimum atomic E-state index is -1.25. The van der Waals surface area contributed by atoms with E-state index in [1.54, 1.807) is 18.5 Å². The van der Waals surface area contributed by atoms with Gasteiger partial charge in [-0.15, -0.1) is 0 Å². The molecule has 0 spiro atoms. The number of amides is 1. The SMILES string of the molecule is Cc1ccc(CC2C(F)C(CNc3ncccn3)CCN2C(=O)O)cc1. The van der Waals surface area contributed by atoms with Gasteiger partial charge in [0.1, 0.15) is 6.17 Å². The van der Waals surface area contributed by atoms with Gasteiger partial charge in [-0.2, -0.15) is 0 Å². The van der Waals surface area contributed by atoms with Crippen molar-refractivity contribution in [2.45, 2.75) is 32.0 Å². The molecule has 7 heteroatoms. The summed E-state index contributed by atoms with van der Waals surface area (Å²) >= 11 is 0. The molecule has 2 N–H and O–H groups in total. The molecule has 1 fully saturated rings. The second-order valence-electron chi connectivity index (χ2n) is 6.68. The number of carboxylic acid groups (broad SMARTS) is 1. The van der Waals surface area contributed by atoms with Crippen LogP contribution in [0.1, 0.15) is 17.5 Å². The van der Waals surface area contributed by atoms with Gasteiger partial charge < -0.3 is 15.3 Å². The highest BCUT2D eigenvalue weighted by atomic mass is 19.1. The molecule has 3 rings (SSSR count). The maximum Gasteiger partial charge on any atom is 0.407 e. The first kappa shape index (κ1) is 18.1. The molecule has 0 aliphatic carbocycles. The molecule has 2 aromatic rings. The molecular weight excluding hydrogens is 335 g/mol. The van der Waals surface area contributed by atoms with E-state index >= 15 is 4.39 Å². The Morgan fingerprint density at radius 2 is 2.00 bits per heavy atom. The topological polar surface area (TPSA) is 78.4 Å². The number of likely N-dealkylation sites (tertiary alicyclic amines) is 1. The lowest BCUT2D eigenvalue weighted by atomic mass is 9.85. The molecule has 26 heavy (non-hydrogen) atoms. The van der Waals surface area contributed by atoms with E-state index in [1.165, 1.54) is 4.90 Å². The van der Waals surface area contributed by atoms with Crippen LogP contribution in [0, 0.1) is 12.8 Å². The number of hydrogen-bond acceptors (Lipinski definition) is 4. The minimum Gasteiger partial charge on any atom is -0.465 e. The molecule has 2 heterocycles. The van der Waals surface area contributed by atoms with E-state index < -0.39 is 18.3 Å². The van der Waals surface area contributed by atoms with E-state index in [1.807, 2.05) is 31.2 Å². The Hall–Kier alpha value is -2.70. The molecule has 1 saturated heterocycles. The van der Waals surface area contributed by atoms with Gasteiger partial charge in [-0.1, -0.05) is 29.8 Å². The van der Waals surface area contributed by atoms with Gasteiger partial charge in [0.2, 0.25) is 5.95 Å². The fraction of sp³-hybridized carbons (Fsp3) is 0.421. The summed E-state index contributed by atoms with van der Waals surface area (Å²) in [5.74, 6) is 0.167. The van der Waals surface area contributed by atoms with Crippen LogP contribution in [-0.4, -0.2) is 51.4 Å². The Kier molecular flexibility index (Phi) is 5.65. The maximum atomic E-state index is 15.2. The fourth-order valence-corrected chi connectivity index (χ4v) is 3.37. The summed E-state index contributed by atoms with van der Waals surface area (Å²) in [5.41, 5.74) is 2.06. The number of carbonyl (C=O) groups is 1. The second kappa shape index (κ2) is 8.12. The average Bonchev–Trinajstić information content (AvgIpc) is 2.64. The molecular formula is C19H23FN4O2. The lowest BCUT2D eigenvalue weighted by Crippen LogP contribution is -2.54. The van der Waals surface area contributed by atoms with Crippen LogP contribution in [0.5, 0.6) is 0 Å². The minimum absolute atomic E-state index is 0.287. The zero-order valence-corrected chi connectivity index (χ0v) is 14.7. The maximum absolute atomic E-state index is 15.2. The van der Waals surface area contributed by atoms with Gasteiger partial charge in [-0.25, -0.2) is 19.2 Å². The molecule has 1 aliphatic heterocycles. The van der Waals surface area contributed by atoms with Gasteiger partial charge in [0.05, 0.1) is 6.04 Å². The molecule has 138 valence electrons. The third kappa shape index (κ3) is 4.28. The summed E-state index contributed by atoms with van der Waals surface area (Å²) in [4.78, 5) is 21.0. The lowest BCUT2D eigenvalue weighted by molar-refractivity contribution is 0.0306. The molecule has 3 atom stereocenters. The van der Waals surface area contributed by atoms with E-state index in [0.29, 0.717) is 31.9 Å². The number of aryl methyl sites for hydroxylation is 1. The van der Waals surface area contributed by atoms with Crippen LogP contribution in [0.3, 0.4) is 0 Å². The van der Waals surface area contributed by atoms with Crippen molar-refractivity contribution in [2.24, 2.45) is 5.92 Å². The van der Waals surface area contributed by atoms with Gasteiger partial charge in [0, 0.05) is 31.4 Å². The summed E-state index contributed by atoms with van der Waals surface area (Å²) in [6, 6.07) is 8.81. The fourth-order valence-electron chi connectivity index (χ4n) is 3.37. The molecule has 1 aromatic carbocycles. The number of halogens is 1. The Morgan fingerprint density at radius 1 is 1.31 bits per heavy atom. The highest BCUT2D eigenvalue weighted by Crippen LogP contribution is 2.29. The molecule has 3 unspecified atom stereocenters. The molecule has 1 aromatic heterocycles. The Labute approximate surface area is 152 Å². The van der Waals surface area contributed by atoms with E-state index in [0.717, 1.165) is 11.1 Å². The first-order chi connectivity index (χ1) is 12.5. The van der Waals surface area contributed by atoms with Crippen LogP contribution in [-0.2, 0) is 6.42 Å². The zero-order valence-electron chi connectivity index (χ0n) is 14.7. The number of alkyl halides is 1. The number of nitrogens with zero attached hydrogens (tertiary/aromatic N) is 3. The number of piperidine rings is 1. The van der Waals surface area contributed by atoms with Gasteiger partial charge in [0.25, 0.3) is 0 Å². The molecule has 1 aliphatic rings. The van der Waals surface area contributed by atoms with E-state index in [2.05, 4.69) is 15.3 Å². The lowest BCUT2D eigenvalue weighted by Gasteiger charge is -2.40. The van der Waals surface area contributed by atoms with Gasteiger partial charge in [0.15, 0.2) is 0 Å². The normalized spacial score (nSPS) is 22.8. The van der Waals surface area contributed by atoms with Crippen molar-refractivity contribution in [3.8, 4) is 0 Å². The van der Waals surface area contributed by atoms with Crippen LogP contribution >= 0.6 is 0 Å². The molecule has 6 nitrogen and oxygen atoms in total. The van der Waals surface area contributed by atoms with Gasteiger partial charge in [-0.05, 0) is 31.4 Å². The summed E-state index contributed by atoms with van der Waals surface area (Å²) in [6.45, 7) is 2.69. The first-order valence-electron chi connectivity index (χ1n) is 8.74. The predicted molar refractivity (Wildman–Crippen MR) is 96.9 cm³/mol. The van der Waals surface area contributed by atoms with E-state index in [-0.39, 0.29) is 5.92 Å². The Bertz CT molecular complexity index is 726. The largest absolute Gasteiger partial charge is 0.465 e. The molecule has 0 bridgehead atoms. The number of hydrogen-bond donors (Lipinski definition) is 2. The number of benzene rings is 1.